The molecule has 158 valence electrons. The van der Waals surface area contributed by atoms with Crippen LogP contribution in [-0.4, -0.2) is 51.4 Å². The van der Waals surface area contributed by atoms with Crippen LogP contribution >= 0.6 is 12.4 Å². The highest BCUT2D eigenvalue weighted by Gasteiger charge is 2.25. The Morgan fingerprint density at radius 3 is 2.46 bits per heavy atom. The number of sulfonamides is 1. The minimum Gasteiger partial charge on any atom is -0.356 e. The predicted molar refractivity (Wildman–Crippen MR) is 113 cm³/mol. The van der Waals surface area contributed by atoms with Crippen molar-refractivity contribution < 1.29 is 13.2 Å². The molecule has 0 spiro atoms. The van der Waals surface area contributed by atoms with E-state index in [-0.39, 0.29) is 24.7 Å². The summed E-state index contributed by atoms with van der Waals surface area (Å²) in [6, 6.07) is 6.75. The standard InChI is InChI=1S/C20H31N3O3S.ClH/c24-20(22-12-10-18-5-4-11-21-16-18)15-17-6-8-19(9-7-17)27(25,26)23-13-2-1-3-14-23;/h6-9,18,21H,1-5,10-16H2,(H,22,24);1H. The molecule has 2 aliphatic heterocycles. The topological polar surface area (TPSA) is 78.5 Å². The zero-order valence-corrected chi connectivity index (χ0v) is 18.0. The van der Waals surface area contributed by atoms with Crippen LogP contribution in [0.5, 0.6) is 0 Å². The lowest BCUT2D eigenvalue weighted by atomic mass is 9.96. The van der Waals surface area contributed by atoms with Gasteiger partial charge in [0.05, 0.1) is 11.3 Å². The van der Waals surface area contributed by atoms with Crippen molar-refractivity contribution in [3.63, 3.8) is 0 Å². The summed E-state index contributed by atoms with van der Waals surface area (Å²) in [6.07, 6.45) is 6.68. The molecule has 2 saturated heterocycles. The Morgan fingerprint density at radius 2 is 1.82 bits per heavy atom. The first-order chi connectivity index (χ1) is 13.1. The van der Waals surface area contributed by atoms with Gasteiger partial charge < -0.3 is 10.6 Å². The van der Waals surface area contributed by atoms with Crippen LogP contribution < -0.4 is 10.6 Å². The summed E-state index contributed by atoms with van der Waals surface area (Å²) in [5.74, 6) is 0.642. The van der Waals surface area contributed by atoms with Crippen LogP contribution in [-0.2, 0) is 21.2 Å². The van der Waals surface area contributed by atoms with Crippen molar-refractivity contribution >= 4 is 28.3 Å². The van der Waals surface area contributed by atoms with Gasteiger partial charge in [-0.1, -0.05) is 18.6 Å². The van der Waals surface area contributed by atoms with Crippen LogP contribution in [0.1, 0.15) is 44.1 Å². The number of nitrogens with zero attached hydrogens (tertiary/aromatic N) is 1. The highest BCUT2D eigenvalue weighted by molar-refractivity contribution is 7.89. The summed E-state index contributed by atoms with van der Waals surface area (Å²) in [4.78, 5) is 12.4. The normalized spacial score (nSPS) is 20.9. The van der Waals surface area contributed by atoms with Gasteiger partial charge in [-0.2, -0.15) is 4.31 Å². The average Bonchev–Trinajstić information content (AvgIpc) is 2.70. The summed E-state index contributed by atoms with van der Waals surface area (Å²) in [6.45, 7) is 4.05. The van der Waals surface area contributed by atoms with Crippen molar-refractivity contribution in [1.82, 2.24) is 14.9 Å². The van der Waals surface area contributed by atoms with E-state index in [1.807, 2.05) is 0 Å². The Morgan fingerprint density at radius 1 is 1.11 bits per heavy atom. The maximum Gasteiger partial charge on any atom is 0.243 e. The van der Waals surface area contributed by atoms with E-state index in [0.29, 0.717) is 30.4 Å². The van der Waals surface area contributed by atoms with Crippen molar-refractivity contribution in [2.45, 2.75) is 49.8 Å². The summed E-state index contributed by atoms with van der Waals surface area (Å²) in [5.41, 5.74) is 0.837. The maximum atomic E-state index is 12.7. The quantitative estimate of drug-likeness (QED) is 0.697. The van der Waals surface area contributed by atoms with E-state index in [0.717, 1.165) is 44.3 Å². The lowest BCUT2D eigenvalue weighted by molar-refractivity contribution is -0.120. The molecule has 1 aromatic rings. The number of hydrogen-bond acceptors (Lipinski definition) is 4. The number of carbonyl (C=O) groups excluding carboxylic acids is 1. The number of piperidine rings is 2. The molecule has 0 aromatic heterocycles. The molecule has 1 unspecified atom stereocenters. The fourth-order valence-electron chi connectivity index (χ4n) is 3.87. The third-order valence-electron chi connectivity index (χ3n) is 5.51. The molecule has 2 heterocycles. The van der Waals surface area contributed by atoms with Gasteiger partial charge in [-0.15, -0.1) is 12.4 Å². The Kier molecular flexibility index (Phi) is 9.21. The van der Waals surface area contributed by atoms with Crippen molar-refractivity contribution in [3.8, 4) is 0 Å². The summed E-state index contributed by atoms with van der Waals surface area (Å²) in [7, 11) is -3.41. The first-order valence-corrected chi connectivity index (χ1v) is 11.6. The van der Waals surface area contributed by atoms with Crippen molar-refractivity contribution in [2.24, 2.45) is 5.92 Å². The lowest BCUT2D eigenvalue weighted by Gasteiger charge is -2.25. The van der Waals surface area contributed by atoms with Gasteiger partial charge in [0, 0.05) is 19.6 Å². The number of halogens is 1. The zero-order chi connectivity index (χ0) is 19.1. The molecule has 2 N–H and O–H groups in total. The average molecular weight is 430 g/mol. The van der Waals surface area contributed by atoms with Crippen LogP contribution in [0, 0.1) is 5.92 Å². The second-order valence-corrected chi connectivity index (χ2v) is 9.57. The zero-order valence-electron chi connectivity index (χ0n) is 16.4. The molecule has 0 aliphatic carbocycles. The number of hydrogen-bond donors (Lipinski definition) is 2. The second kappa shape index (κ2) is 11.1. The van der Waals surface area contributed by atoms with E-state index in [1.54, 1.807) is 28.6 Å². The van der Waals surface area contributed by atoms with Crippen LogP contribution in [0.3, 0.4) is 0 Å². The monoisotopic (exact) mass is 429 g/mol. The third kappa shape index (κ3) is 6.44. The Balaban J connectivity index is 0.00000280. The first kappa shape index (κ1) is 23.1. The molecule has 2 fully saturated rings. The largest absolute Gasteiger partial charge is 0.356 e. The van der Waals surface area contributed by atoms with Gasteiger partial charge in [0.25, 0.3) is 0 Å². The molecule has 1 aromatic carbocycles. The maximum absolute atomic E-state index is 12.7. The Hall–Kier alpha value is -1.15. The van der Waals surface area contributed by atoms with Crippen LogP contribution in [0.25, 0.3) is 0 Å². The lowest BCUT2D eigenvalue weighted by Crippen LogP contribution is -2.35. The highest BCUT2D eigenvalue weighted by Crippen LogP contribution is 2.21. The molecule has 1 atom stereocenters. The van der Waals surface area contributed by atoms with Gasteiger partial charge in [0.15, 0.2) is 0 Å². The smallest absolute Gasteiger partial charge is 0.243 e. The summed E-state index contributed by atoms with van der Waals surface area (Å²) in [5, 5.41) is 6.37. The van der Waals surface area contributed by atoms with Crippen molar-refractivity contribution in [1.29, 1.82) is 0 Å². The van der Waals surface area contributed by atoms with Gasteiger partial charge in [-0.05, 0) is 68.8 Å². The fourth-order valence-corrected chi connectivity index (χ4v) is 5.38. The molecule has 0 bridgehead atoms. The van der Waals surface area contributed by atoms with Gasteiger partial charge in [-0.3, -0.25) is 4.79 Å². The molecule has 6 nitrogen and oxygen atoms in total. The van der Waals surface area contributed by atoms with Crippen LogP contribution in [0.2, 0.25) is 0 Å². The number of nitrogens with one attached hydrogen (secondary N) is 2. The predicted octanol–water partition coefficient (Wildman–Crippen LogP) is 2.33. The minimum atomic E-state index is -3.41. The number of benzene rings is 1. The molecule has 3 rings (SSSR count). The summed E-state index contributed by atoms with van der Waals surface area (Å²) < 4.78 is 26.9. The number of carbonyl (C=O) groups is 1. The molecule has 1 amide bonds. The highest BCUT2D eigenvalue weighted by atomic mass is 35.5. The molecular weight excluding hydrogens is 398 g/mol. The van der Waals surface area contributed by atoms with E-state index in [1.165, 1.54) is 12.8 Å². The first-order valence-electron chi connectivity index (χ1n) is 10.1. The van der Waals surface area contributed by atoms with E-state index in [4.69, 9.17) is 0 Å². The molecule has 0 saturated carbocycles. The Labute approximate surface area is 174 Å². The van der Waals surface area contributed by atoms with Crippen LogP contribution in [0.15, 0.2) is 29.2 Å². The Bertz CT molecular complexity index is 713. The van der Waals surface area contributed by atoms with Crippen LogP contribution in [0.4, 0.5) is 0 Å². The van der Waals surface area contributed by atoms with E-state index in [9.17, 15) is 13.2 Å². The van der Waals surface area contributed by atoms with E-state index < -0.39 is 10.0 Å². The van der Waals surface area contributed by atoms with Gasteiger partial charge in [0.1, 0.15) is 0 Å². The van der Waals surface area contributed by atoms with E-state index in [2.05, 4.69) is 10.6 Å². The van der Waals surface area contributed by atoms with Gasteiger partial charge in [-0.25, -0.2) is 8.42 Å². The SMILES string of the molecule is Cl.O=C(Cc1ccc(S(=O)(=O)N2CCCCC2)cc1)NCCC1CCCNC1. The molecular formula is C20H32ClN3O3S. The minimum absolute atomic E-state index is 0. The fraction of sp³-hybridized carbons (Fsp3) is 0.650. The second-order valence-electron chi connectivity index (χ2n) is 7.64. The van der Waals surface area contributed by atoms with Crippen molar-refractivity contribution in [2.75, 3.05) is 32.7 Å². The van der Waals surface area contributed by atoms with Gasteiger partial charge in [0.2, 0.25) is 15.9 Å². The summed E-state index contributed by atoms with van der Waals surface area (Å²) >= 11 is 0. The number of amides is 1. The third-order valence-corrected chi connectivity index (χ3v) is 7.43. The molecule has 0 radical (unpaired) electrons. The molecule has 8 heteroatoms. The van der Waals surface area contributed by atoms with Crippen molar-refractivity contribution in [3.05, 3.63) is 29.8 Å². The van der Waals surface area contributed by atoms with Gasteiger partial charge >= 0.3 is 0 Å². The van der Waals surface area contributed by atoms with E-state index >= 15 is 0 Å². The molecule has 2 aliphatic rings. The number of rotatable bonds is 7. The molecule has 28 heavy (non-hydrogen) atoms.